The molecule has 2 fully saturated rings. The van der Waals surface area contributed by atoms with Gasteiger partial charge in [0.2, 0.25) is 5.88 Å². The quantitative estimate of drug-likeness (QED) is 0.125. The van der Waals surface area contributed by atoms with E-state index in [-0.39, 0.29) is 5.78 Å². The molecule has 2 aliphatic rings. The first-order valence-corrected chi connectivity index (χ1v) is 17.1. The predicted molar refractivity (Wildman–Crippen MR) is 188 cm³/mol. The van der Waals surface area contributed by atoms with Gasteiger partial charge in [-0.05, 0) is 88.3 Å². The monoisotopic (exact) mass is 721 g/mol. The number of likely N-dealkylation sites (tertiary alicyclic amines) is 2. The second kappa shape index (κ2) is 19.1. The van der Waals surface area contributed by atoms with Gasteiger partial charge in [-0.3, -0.25) is 14.6 Å². The first kappa shape index (κ1) is 38.4. The lowest BCUT2D eigenvalue weighted by Crippen LogP contribution is -2.25. The Morgan fingerprint density at radius 1 is 0.667 bits per heavy atom. The summed E-state index contributed by atoms with van der Waals surface area (Å²) in [6, 6.07) is 19.6. The number of carboxylic acid groups (broad SMARTS) is 4. The van der Waals surface area contributed by atoms with Gasteiger partial charge in [-0.2, -0.15) is 0 Å². The summed E-state index contributed by atoms with van der Waals surface area (Å²) in [4.78, 5) is 60.6. The van der Waals surface area contributed by atoms with E-state index in [9.17, 15) is 4.79 Å². The van der Waals surface area contributed by atoms with Gasteiger partial charge in [-0.15, -0.1) is 11.3 Å². The fourth-order valence-electron chi connectivity index (χ4n) is 5.51. The average Bonchev–Trinajstić information content (AvgIpc) is 3.91. The lowest BCUT2D eigenvalue weighted by atomic mass is 9.98. The fourth-order valence-corrected chi connectivity index (χ4v) is 6.70. The molecule has 270 valence electrons. The maximum Gasteiger partial charge on any atom is 0.414 e. The number of benzene rings is 2. The molecule has 0 atom stereocenters. The van der Waals surface area contributed by atoms with Gasteiger partial charge in [0.15, 0.2) is 5.78 Å². The van der Waals surface area contributed by atoms with Crippen molar-refractivity contribution in [1.82, 2.24) is 14.8 Å². The fraction of sp³-hybridized carbons (Fsp3) is 0.333. The van der Waals surface area contributed by atoms with Gasteiger partial charge in [0, 0.05) is 57.0 Å². The maximum absolute atomic E-state index is 13.9. The number of rotatable bonds is 11. The number of carbonyl (C=O) groups is 5. The number of aliphatic carboxylic acids is 4. The summed E-state index contributed by atoms with van der Waals surface area (Å²) in [6.45, 7) is 7.83. The molecular weight excluding hydrogens is 682 g/mol. The Labute approximate surface area is 297 Å². The van der Waals surface area contributed by atoms with Crippen LogP contribution in [-0.2, 0) is 19.2 Å². The number of hydrogen-bond acceptors (Lipinski definition) is 11. The molecule has 2 aromatic heterocycles. The molecule has 14 nitrogen and oxygen atoms in total. The third-order valence-corrected chi connectivity index (χ3v) is 9.25. The van der Waals surface area contributed by atoms with Gasteiger partial charge in [-0.1, -0.05) is 18.2 Å². The van der Waals surface area contributed by atoms with Crippen LogP contribution in [0.4, 0.5) is 0 Å². The van der Waals surface area contributed by atoms with Gasteiger partial charge < -0.3 is 29.9 Å². The average molecular weight is 722 g/mol. The lowest BCUT2D eigenvalue weighted by Gasteiger charge is -2.15. The summed E-state index contributed by atoms with van der Waals surface area (Å²) in [5.41, 5.74) is 2.30. The molecule has 2 saturated heterocycles. The normalized spacial score (nSPS) is 14.1. The van der Waals surface area contributed by atoms with Gasteiger partial charge in [0.25, 0.3) is 0 Å². The Balaban J connectivity index is 0.000000420. The van der Waals surface area contributed by atoms with Crippen LogP contribution in [0, 0.1) is 0 Å². The number of hydrogen-bond donors (Lipinski definition) is 4. The van der Waals surface area contributed by atoms with E-state index in [2.05, 4.69) is 20.9 Å². The minimum Gasteiger partial charge on any atom is -0.492 e. The van der Waals surface area contributed by atoms with E-state index in [1.807, 2.05) is 60.8 Å². The second-order valence-corrected chi connectivity index (χ2v) is 12.6. The van der Waals surface area contributed by atoms with Crippen LogP contribution in [0.15, 0.2) is 66.9 Å². The minimum atomic E-state index is -1.82. The number of ketones is 1. The molecule has 0 radical (unpaired) electrons. The standard InChI is InChI=1S/C32H35N3O3S.2C2H2O4/c36-31(24-9-12-26(13-10-24)37-21-19-34-15-3-4-16-34)30-27-7-1-2-8-28(27)39-32(30)25-11-14-29(33-23-25)38-22-20-35-17-5-6-18-35;2*3-1(4)2(5)6/h1-2,7-14,23H,3-6,15-22H2;2*(H,3,4)(H,5,6). The number of fused-ring (bicyclic) bond motifs is 1. The smallest absolute Gasteiger partial charge is 0.414 e. The highest BCUT2D eigenvalue weighted by molar-refractivity contribution is 7.22. The highest BCUT2D eigenvalue weighted by atomic mass is 32.1. The number of ether oxygens (including phenoxy) is 2. The minimum absolute atomic E-state index is 0.0111. The molecule has 0 bridgehead atoms. The number of thiophene rings is 1. The molecular formula is C36H39N3O11S. The molecule has 0 saturated carbocycles. The first-order valence-electron chi connectivity index (χ1n) is 16.3. The summed E-state index contributed by atoms with van der Waals surface area (Å²) >= 11 is 1.63. The largest absolute Gasteiger partial charge is 0.492 e. The van der Waals surface area contributed by atoms with Gasteiger partial charge in [0.05, 0.1) is 0 Å². The van der Waals surface area contributed by atoms with Crippen LogP contribution in [0.2, 0.25) is 0 Å². The van der Waals surface area contributed by atoms with Crippen LogP contribution in [0.1, 0.15) is 41.6 Å². The molecule has 2 aliphatic heterocycles. The van der Waals surface area contributed by atoms with Crippen molar-refractivity contribution in [3.8, 4) is 22.1 Å². The maximum atomic E-state index is 13.9. The van der Waals surface area contributed by atoms with E-state index >= 15 is 0 Å². The topological polar surface area (TPSA) is 204 Å². The van der Waals surface area contributed by atoms with Crippen molar-refractivity contribution in [2.75, 3.05) is 52.5 Å². The van der Waals surface area contributed by atoms with Crippen molar-refractivity contribution in [3.05, 3.63) is 78.0 Å². The molecule has 2 aromatic carbocycles. The van der Waals surface area contributed by atoms with Crippen molar-refractivity contribution in [1.29, 1.82) is 0 Å². The third kappa shape index (κ3) is 11.6. The zero-order valence-corrected chi connectivity index (χ0v) is 28.5. The van der Waals surface area contributed by atoms with Crippen molar-refractivity contribution in [2.45, 2.75) is 25.7 Å². The molecule has 15 heteroatoms. The number of carbonyl (C=O) groups excluding carboxylic acids is 1. The highest BCUT2D eigenvalue weighted by Gasteiger charge is 2.22. The Hall–Kier alpha value is -5.38. The van der Waals surface area contributed by atoms with Gasteiger partial charge >= 0.3 is 23.9 Å². The summed E-state index contributed by atoms with van der Waals surface area (Å²) in [6.07, 6.45) is 6.94. The van der Waals surface area contributed by atoms with E-state index in [1.165, 1.54) is 25.7 Å². The van der Waals surface area contributed by atoms with E-state index < -0.39 is 23.9 Å². The van der Waals surface area contributed by atoms with Crippen LogP contribution < -0.4 is 9.47 Å². The van der Waals surface area contributed by atoms with Crippen LogP contribution >= 0.6 is 11.3 Å². The molecule has 4 aromatic rings. The number of aromatic nitrogens is 1. The van der Waals surface area contributed by atoms with E-state index in [0.29, 0.717) is 24.7 Å². The zero-order valence-electron chi connectivity index (χ0n) is 27.7. The number of nitrogens with zero attached hydrogens (tertiary/aromatic N) is 3. The zero-order chi connectivity index (χ0) is 36.8. The first-order chi connectivity index (χ1) is 24.5. The molecule has 51 heavy (non-hydrogen) atoms. The molecule has 4 N–H and O–H groups in total. The van der Waals surface area contributed by atoms with Gasteiger partial charge in [0.1, 0.15) is 19.0 Å². The summed E-state index contributed by atoms with van der Waals surface area (Å²) < 4.78 is 12.9. The van der Waals surface area contributed by atoms with Crippen molar-refractivity contribution < 1.29 is 53.9 Å². The van der Waals surface area contributed by atoms with E-state index in [1.54, 1.807) is 11.3 Å². The van der Waals surface area contributed by atoms with E-state index in [4.69, 9.17) is 49.1 Å². The van der Waals surface area contributed by atoms with Crippen molar-refractivity contribution >= 4 is 51.1 Å². The van der Waals surface area contributed by atoms with Crippen molar-refractivity contribution in [2.24, 2.45) is 0 Å². The molecule has 6 rings (SSSR count). The number of pyridine rings is 1. The van der Waals surface area contributed by atoms with Crippen LogP contribution in [0.25, 0.3) is 20.5 Å². The Bertz CT molecular complexity index is 1750. The van der Waals surface area contributed by atoms with Crippen molar-refractivity contribution in [3.63, 3.8) is 0 Å². The molecule has 0 aliphatic carbocycles. The third-order valence-electron chi connectivity index (χ3n) is 8.03. The molecule has 0 spiro atoms. The summed E-state index contributed by atoms with van der Waals surface area (Å²) in [5.74, 6) is -5.87. The Morgan fingerprint density at radius 3 is 1.71 bits per heavy atom. The van der Waals surface area contributed by atoms with Crippen LogP contribution in [-0.4, -0.2) is 117 Å². The van der Waals surface area contributed by atoms with Gasteiger partial charge in [-0.25, -0.2) is 24.2 Å². The number of carboxylic acids is 4. The lowest BCUT2D eigenvalue weighted by molar-refractivity contribution is -0.159. The highest BCUT2D eigenvalue weighted by Crippen LogP contribution is 2.40. The molecule has 0 unspecified atom stereocenters. The Morgan fingerprint density at radius 2 is 1.20 bits per heavy atom. The predicted octanol–water partition coefficient (Wildman–Crippen LogP) is 4.45. The molecule has 0 amide bonds. The Kier molecular flexibility index (Phi) is 14.4. The summed E-state index contributed by atoms with van der Waals surface area (Å²) in [5, 5.41) is 30.5. The van der Waals surface area contributed by atoms with E-state index in [0.717, 1.165) is 71.1 Å². The SMILES string of the molecule is O=C(O)C(=O)O.O=C(O)C(=O)O.O=C(c1ccc(OCCN2CCCC2)cc1)c1c(-c2ccc(OCCN3CCCC3)nc2)sc2ccccc12. The van der Waals surface area contributed by atoms with Crippen LogP contribution in [0.3, 0.4) is 0 Å². The summed E-state index contributed by atoms with van der Waals surface area (Å²) in [7, 11) is 0. The second-order valence-electron chi connectivity index (χ2n) is 11.6. The van der Waals surface area contributed by atoms with Crippen LogP contribution in [0.5, 0.6) is 11.6 Å². The molecule has 4 heterocycles.